The molecule has 1 rings (SSSR count). The number of ether oxygens (including phenoxy) is 4. The molecule has 12 nitrogen and oxygen atoms in total. The molecule has 63 heavy (non-hydrogen) atoms. The highest BCUT2D eigenvalue weighted by molar-refractivity contribution is 7.80. The molecule has 0 bridgehead atoms. The molecule has 0 aromatic heterocycles. The lowest BCUT2D eigenvalue weighted by Crippen LogP contribution is -2.60. The Hall–Kier alpha value is -2.20. The fraction of sp³-hybridized carbons (Fsp3) is 0.780. The largest absolute Gasteiger partial charge is 0.457 e. The van der Waals surface area contributed by atoms with Crippen LogP contribution in [-0.4, -0.2) is 97.5 Å². The van der Waals surface area contributed by atoms with Crippen LogP contribution < -0.4 is 0 Å². The fourth-order valence-electron chi connectivity index (χ4n) is 7.23. The first kappa shape index (κ1) is 58.8. The third-order valence-corrected chi connectivity index (χ3v) is 11.4. The van der Waals surface area contributed by atoms with E-state index >= 15 is 0 Å². The molecule has 4 N–H and O–H groups in total. The van der Waals surface area contributed by atoms with Crippen LogP contribution in [0.3, 0.4) is 0 Å². The van der Waals surface area contributed by atoms with Gasteiger partial charge in [-0.2, -0.15) is 8.42 Å². The SMILES string of the molecule is CC/C=C\C/C=C\C/C=C\C/C=C\C/C=C\CCCCCCCCCC(=O)OC(COCCCCCCCCCCCCCCC)COC1OC(CO)C(O)C(OS(=O)(=O)O)C1O. The number of hydrogen-bond acceptors (Lipinski definition) is 11. The molecule has 366 valence electrons. The highest BCUT2D eigenvalue weighted by Crippen LogP contribution is 2.26. The molecule has 0 aromatic rings. The number of allylic oxidation sites excluding steroid dienone is 10. The first-order valence-electron chi connectivity index (χ1n) is 24.5. The van der Waals surface area contributed by atoms with Gasteiger partial charge in [0.25, 0.3) is 0 Å². The smallest absolute Gasteiger partial charge is 0.397 e. The van der Waals surface area contributed by atoms with Gasteiger partial charge in [0.05, 0.1) is 19.8 Å². The summed E-state index contributed by atoms with van der Waals surface area (Å²) in [6.07, 6.45) is 42.5. The number of esters is 1. The normalized spacial score (nSPS) is 20.4. The molecule has 13 heteroatoms. The van der Waals surface area contributed by atoms with Gasteiger partial charge >= 0.3 is 16.4 Å². The molecule has 1 aliphatic heterocycles. The number of rotatable bonds is 42. The molecular weight excluding hydrogens is 825 g/mol. The predicted molar refractivity (Wildman–Crippen MR) is 253 cm³/mol. The molecule has 1 heterocycles. The highest BCUT2D eigenvalue weighted by Gasteiger charge is 2.48. The van der Waals surface area contributed by atoms with Gasteiger partial charge < -0.3 is 34.3 Å². The Balaban J connectivity index is 2.37. The third kappa shape index (κ3) is 34.8. The monoisotopic (exact) mass is 913 g/mol. The van der Waals surface area contributed by atoms with Crippen molar-refractivity contribution in [2.45, 2.75) is 224 Å². The zero-order chi connectivity index (χ0) is 46.1. The van der Waals surface area contributed by atoms with Crippen molar-refractivity contribution >= 4 is 16.4 Å². The van der Waals surface area contributed by atoms with Crippen LogP contribution in [-0.2, 0) is 38.3 Å². The maximum Gasteiger partial charge on any atom is 0.397 e. The Morgan fingerprint density at radius 2 is 1.10 bits per heavy atom. The third-order valence-electron chi connectivity index (χ3n) is 10.9. The summed E-state index contributed by atoms with van der Waals surface area (Å²) >= 11 is 0. The summed E-state index contributed by atoms with van der Waals surface area (Å²) in [5.41, 5.74) is 0. The number of hydrogen-bond donors (Lipinski definition) is 4. The van der Waals surface area contributed by atoms with E-state index in [1.165, 1.54) is 77.0 Å². The Bertz CT molecular complexity index is 1330. The highest BCUT2D eigenvalue weighted by atomic mass is 32.3. The molecule has 1 fully saturated rings. The van der Waals surface area contributed by atoms with Gasteiger partial charge in [-0.05, 0) is 57.8 Å². The van der Waals surface area contributed by atoms with Crippen molar-refractivity contribution in [3.63, 3.8) is 0 Å². The van der Waals surface area contributed by atoms with Gasteiger partial charge in [0.15, 0.2) is 6.29 Å². The molecular formula is C50H88O12S. The predicted octanol–water partition coefficient (Wildman–Crippen LogP) is 10.9. The summed E-state index contributed by atoms with van der Waals surface area (Å²) in [6.45, 7) is 3.87. The van der Waals surface area contributed by atoms with E-state index in [1.54, 1.807) is 0 Å². The van der Waals surface area contributed by atoms with Crippen molar-refractivity contribution in [2.75, 3.05) is 26.4 Å². The number of carbonyl (C=O) groups excluding carboxylic acids is 1. The van der Waals surface area contributed by atoms with Crippen LogP contribution in [0.5, 0.6) is 0 Å². The van der Waals surface area contributed by atoms with E-state index in [0.29, 0.717) is 13.0 Å². The van der Waals surface area contributed by atoms with Crippen molar-refractivity contribution in [2.24, 2.45) is 0 Å². The van der Waals surface area contributed by atoms with Crippen molar-refractivity contribution < 1.29 is 56.2 Å². The lowest BCUT2D eigenvalue weighted by atomic mass is 9.99. The minimum atomic E-state index is -5.07. The molecule has 0 spiro atoms. The summed E-state index contributed by atoms with van der Waals surface area (Å²) in [5.74, 6) is -0.411. The first-order valence-corrected chi connectivity index (χ1v) is 25.9. The average Bonchev–Trinajstić information content (AvgIpc) is 3.26. The van der Waals surface area contributed by atoms with Gasteiger partial charge in [-0.3, -0.25) is 9.35 Å². The maximum atomic E-state index is 12.9. The summed E-state index contributed by atoms with van der Waals surface area (Å²) in [6, 6.07) is 0. The van der Waals surface area contributed by atoms with E-state index in [2.05, 4.69) is 78.8 Å². The van der Waals surface area contributed by atoms with Crippen LogP contribution in [0.15, 0.2) is 60.8 Å². The number of carbonyl (C=O) groups is 1. The van der Waals surface area contributed by atoms with Crippen molar-refractivity contribution in [3.8, 4) is 0 Å². The van der Waals surface area contributed by atoms with Crippen LogP contribution in [0, 0.1) is 0 Å². The lowest BCUT2D eigenvalue weighted by Gasteiger charge is -2.41. The van der Waals surface area contributed by atoms with Gasteiger partial charge in [0, 0.05) is 13.0 Å². The van der Waals surface area contributed by atoms with Crippen LogP contribution in [0.4, 0.5) is 0 Å². The molecule has 0 saturated carbocycles. The molecule has 0 aromatic carbocycles. The first-order chi connectivity index (χ1) is 30.6. The summed E-state index contributed by atoms with van der Waals surface area (Å²) in [5, 5.41) is 30.7. The van der Waals surface area contributed by atoms with Gasteiger partial charge in [0.1, 0.15) is 30.5 Å². The Kier molecular flexibility index (Phi) is 38.5. The van der Waals surface area contributed by atoms with Gasteiger partial charge in [-0.1, -0.05) is 184 Å². The fourth-order valence-corrected chi connectivity index (χ4v) is 7.74. The Morgan fingerprint density at radius 3 is 1.60 bits per heavy atom. The van der Waals surface area contributed by atoms with Gasteiger partial charge in [-0.15, -0.1) is 0 Å². The quantitative estimate of drug-likeness (QED) is 0.0197. The number of aliphatic hydroxyl groups is 3. The van der Waals surface area contributed by atoms with Crippen molar-refractivity contribution in [3.05, 3.63) is 60.8 Å². The van der Waals surface area contributed by atoms with Crippen LogP contribution >= 0.6 is 0 Å². The molecule has 6 atom stereocenters. The standard InChI is InChI=1S/C50H88O12S/c1-3-5-7-9-11-13-15-17-18-19-20-21-22-23-24-25-26-27-29-31-33-35-37-39-46(52)60-44(42-58-40-38-36-34-32-30-28-16-14-12-10-8-6-4-2)43-59-50-48(54)49(62-63(55,56)57)47(53)45(41-51)61-50/h5,7,11,13,17-18,20-21,23-24,44-45,47-51,53-54H,3-4,6,8-10,12,14-16,19,22,25-43H2,1-2H3,(H,55,56,57)/b7-5-,13-11-,18-17-,21-20-,24-23-. The van der Waals surface area contributed by atoms with E-state index in [1.807, 2.05) is 0 Å². The summed E-state index contributed by atoms with van der Waals surface area (Å²) < 4.78 is 59.1. The minimum Gasteiger partial charge on any atom is -0.457 e. The zero-order valence-electron chi connectivity index (χ0n) is 39.1. The second-order valence-corrected chi connectivity index (χ2v) is 17.7. The lowest BCUT2D eigenvalue weighted by molar-refractivity contribution is -0.301. The second kappa shape index (κ2) is 41.2. The second-order valence-electron chi connectivity index (χ2n) is 16.7. The molecule has 0 aliphatic carbocycles. The molecule has 0 amide bonds. The number of unbranched alkanes of at least 4 members (excludes halogenated alkanes) is 19. The molecule has 1 saturated heterocycles. The topological polar surface area (TPSA) is 178 Å². The van der Waals surface area contributed by atoms with E-state index in [0.717, 1.165) is 83.5 Å². The van der Waals surface area contributed by atoms with Crippen molar-refractivity contribution in [1.82, 2.24) is 0 Å². The Labute approximate surface area is 382 Å². The molecule has 0 radical (unpaired) electrons. The van der Waals surface area contributed by atoms with Crippen LogP contribution in [0.1, 0.15) is 187 Å². The zero-order valence-corrected chi connectivity index (χ0v) is 39.9. The molecule has 6 unspecified atom stereocenters. The summed E-state index contributed by atoms with van der Waals surface area (Å²) in [7, 11) is -5.07. The number of aliphatic hydroxyl groups excluding tert-OH is 3. The van der Waals surface area contributed by atoms with E-state index in [-0.39, 0.29) is 19.6 Å². The van der Waals surface area contributed by atoms with Crippen molar-refractivity contribution in [1.29, 1.82) is 0 Å². The van der Waals surface area contributed by atoms with E-state index in [9.17, 15) is 33.1 Å². The van der Waals surface area contributed by atoms with Crippen LogP contribution in [0.25, 0.3) is 0 Å². The minimum absolute atomic E-state index is 0.0312. The van der Waals surface area contributed by atoms with E-state index < -0.39 is 59.8 Å². The maximum absolute atomic E-state index is 12.9. The van der Waals surface area contributed by atoms with Crippen LogP contribution in [0.2, 0.25) is 0 Å². The van der Waals surface area contributed by atoms with Gasteiger partial charge in [-0.25, -0.2) is 4.18 Å². The summed E-state index contributed by atoms with van der Waals surface area (Å²) in [4.78, 5) is 12.9. The average molecular weight is 913 g/mol. The molecule has 1 aliphatic rings. The van der Waals surface area contributed by atoms with Gasteiger partial charge in [0.2, 0.25) is 0 Å². The Morgan fingerprint density at radius 1 is 0.619 bits per heavy atom. The van der Waals surface area contributed by atoms with E-state index in [4.69, 9.17) is 18.9 Å².